The van der Waals surface area contributed by atoms with Gasteiger partial charge in [-0.3, -0.25) is 0 Å². The summed E-state index contributed by atoms with van der Waals surface area (Å²) in [6.07, 6.45) is 5.99. The largest absolute Gasteiger partial charge is 0.330 e. The van der Waals surface area contributed by atoms with E-state index in [2.05, 4.69) is 42.7 Å². The first-order chi connectivity index (χ1) is 10.2. The van der Waals surface area contributed by atoms with Gasteiger partial charge in [0.25, 0.3) is 0 Å². The third kappa shape index (κ3) is 2.71. The zero-order valence-corrected chi connectivity index (χ0v) is 13.3. The van der Waals surface area contributed by atoms with Crippen molar-refractivity contribution < 1.29 is 0 Å². The summed E-state index contributed by atoms with van der Waals surface area (Å²) in [6, 6.07) is 9.08. The molecule has 3 rings (SSSR count). The highest BCUT2D eigenvalue weighted by Crippen LogP contribution is 2.39. The molecule has 2 aromatic rings. The van der Waals surface area contributed by atoms with Crippen LogP contribution >= 0.6 is 0 Å². The SMILES string of the molecule is CCCc1nc2ccccc2n1C1CC(C)CCC1CN. The molecule has 1 saturated carbocycles. The second-order valence-electron chi connectivity index (χ2n) is 6.62. The third-order valence-corrected chi connectivity index (χ3v) is 5.00. The van der Waals surface area contributed by atoms with Crippen molar-refractivity contribution in [3.8, 4) is 0 Å². The minimum absolute atomic E-state index is 0.521. The molecular weight excluding hydrogens is 258 g/mol. The number of benzene rings is 1. The number of para-hydroxylation sites is 2. The molecule has 1 fully saturated rings. The molecule has 1 aliphatic carbocycles. The lowest BCUT2D eigenvalue weighted by molar-refractivity contribution is 0.198. The Morgan fingerprint density at radius 2 is 2.10 bits per heavy atom. The van der Waals surface area contributed by atoms with Gasteiger partial charge in [-0.15, -0.1) is 0 Å². The molecule has 3 atom stereocenters. The van der Waals surface area contributed by atoms with Crippen molar-refractivity contribution in [2.45, 2.75) is 52.0 Å². The molecule has 0 spiro atoms. The van der Waals surface area contributed by atoms with Crippen LogP contribution in [0.25, 0.3) is 11.0 Å². The van der Waals surface area contributed by atoms with Crippen LogP contribution in [0.1, 0.15) is 51.4 Å². The fourth-order valence-corrected chi connectivity index (χ4v) is 3.87. The first-order valence-electron chi connectivity index (χ1n) is 8.40. The van der Waals surface area contributed by atoms with E-state index in [0.29, 0.717) is 12.0 Å². The van der Waals surface area contributed by atoms with Crippen LogP contribution in [0.3, 0.4) is 0 Å². The molecule has 0 amide bonds. The van der Waals surface area contributed by atoms with E-state index in [1.54, 1.807) is 0 Å². The molecule has 3 nitrogen and oxygen atoms in total. The molecule has 3 unspecified atom stereocenters. The average molecular weight is 285 g/mol. The fourth-order valence-electron chi connectivity index (χ4n) is 3.87. The molecule has 21 heavy (non-hydrogen) atoms. The van der Waals surface area contributed by atoms with Crippen molar-refractivity contribution in [2.24, 2.45) is 17.6 Å². The average Bonchev–Trinajstić information content (AvgIpc) is 2.85. The lowest BCUT2D eigenvalue weighted by Crippen LogP contribution is -2.32. The van der Waals surface area contributed by atoms with Crippen LogP contribution in [-0.2, 0) is 6.42 Å². The van der Waals surface area contributed by atoms with E-state index in [4.69, 9.17) is 10.7 Å². The third-order valence-electron chi connectivity index (χ3n) is 5.00. The van der Waals surface area contributed by atoms with Gasteiger partial charge in [0.1, 0.15) is 5.82 Å². The normalized spacial score (nSPS) is 26.3. The van der Waals surface area contributed by atoms with Crippen molar-refractivity contribution in [1.29, 1.82) is 0 Å². The van der Waals surface area contributed by atoms with E-state index in [1.165, 1.54) is 30.6 Å². The standard InChI is InChI=1S/C18H27N3/c1-3-6-18-20-15-7-4-5-8-16(15)21(18)17-11-13(2)9-10-14(17)12-19/h4-5,7-8,13-14,17H,3,6,9-12,19H2,1-2H3. The van der Waals surface area contributed by atoms with Crippen molar-refractivity contribution in [3.63, 3.8) is 0 Å². The highest BCUT2D eigenvalue weighted by atomic mass is 15.1. The number of hydrogen-bond acceptors (Lipinski definition) is 2. The summed E-state index contributed by atoms with van der Waals surface area (Å²) < 4.78 is 2.52. The van der Waals surface area contributed by atoms with Crippen molar-refractivity contribution >= 4 is 11.0 Å². The summed E-state index contributed by atoms with van der Waals surface area (Å²) in [6.45, 7) is 5.39. The molecule has 0 bridgehead atoms. The Hall–Kier alpha value is -1.35. The van der Waals surface area contributed by atoms with Gasteiger partial charge in [0.2, 0.25) is 0 Å². The van der Waals surface area contributed by atoms with Crippen LogP contribution in [0.5, 0.6) is 0 Å². The Morgan fingerprint density at radius 1 is 1.29 bits per heavy atom. The molecular formula is C18H27N3. The van der Waals surface area contributed by atoms with Crippen LogP contribution in [-0.4, -0.2) is 16.1 Å². The topological polar surface area (TPSA) is 43.8 Å². The monoisotopic (exact) mass is 285 g/mol. The summed E-state index contributed by atoms with van der Waals surface area (Å²) in [4.78, 5) is 4.89. The summed E-state index contributed by atoms with van der Waals surface area (Å²) in [7, 11) is 0. The Balaban J connectivity index is 2.09. The second-order valence-corrected chi connectivity index (χ2v) is 6.62. The summed E-state index contributed by atoms with van der Waals surface area (Å²) in [5.41, 5.74) is 8.50. The first-order valence-corrected chi connectivity index (χ1v) is 8.40. The molecule has 0 radical (unpaired) electrons. The molecule has 3 heteroatoms. The highest BCUT2D eigenvalue weighted by molar-refractivity contribution is 5.76. The molecule has 1 aromatic heterocycles. The maximum absolute atomic E-state index is 6.08. The number of aromatic nitrogens is 2. The van der Waals surface area contributed by atoms with Gasteiger partial charge < -0.3 is 10.3 Å². The van der Waals surface area contributed by atoms with Gasteiger partial charge in [0.05, 0.1) is 11.0 Å². The number of nitrogens with zero attached hydrogens (tertiary/aromatic N) is 2. The zero-order chi connectivity index (χ0) is 14.8. The zero-order valence-electron chi connectivity index (χ0n) is 13.3. The van der Waals surface area contributed by atoms with Crippen LogP contribution < -0.4 is 5.73 Å². The minimum atomic E-state index is 0.521. The van der Waals surface area contributed by atoms with Crippen molar-refractivity contribution in [1.82, 2.24) is 9.55 Å². The van der Waals surface area contributed by atoms with Crippen LogP contribution in [0, 0.1) is 11.8 Å². The Bertz CT molecular complexity index is 602. The fraction of sp³-hybridized carbons (Fsp3) is 0.611. The second kappa shape index (κ2) is 6.18. The van der Waals surface area contributed by atoms with Gasteiger partial charge in [0.15, 0.2) is 0 Å². The molecule has 1 heterocycles. The maximum Gasteiger partial charge on any atom is 0.110 e. The van der Waals surface area contributed by atoms with Gasteiger partial charge in [0, 0.05) is 12.5 Å². The number of hydrogen-bond donors (Lipinski definition) is 1. The van der Waals surface area contributed by atoms with E-state index < -0.39 is 0 Å². The predicted octanol–water partition coefficient (Wildman–Crippen LogP) is 3.92. The van der Waals surface area contributed by atoms with Crippen molar-refractivity contribution in [2.75, 3.05) is 6.54 Å². The van der Waals surface area contributed by atoms with Crippen molar-refractivity contribution in [3.05, 3.63) is 30.1 Å². The molecule has 114 valence electrons. The lowest BCUT2D eigenvalue weighted by atomic mass is 9.78. The Labute approximate surface area is 127 Å². The van der Waals surface area contributed by atoms with E-state index in [9.17, 15) is 0 Å². The summed E-state index contributed by atoms with van der Waals surface area (Å²) in [5.74, 6) is 2.62. The van der Waals surface area contributed by atoms with E-state index in [1.807, 2.05) is 0 Å². The van der Waals surface area contributed by atoms with Gasteiger partial charge in [-0.1, -0.05) is 32.4 Å². The molecule has 1 aliphatic rings. The molecule has 1 aromatic carbocycles. The number of aryl methyl sites for hydroxylation is 1. The van der Waals surface area contributed by atoms with E-state index in [-0.39, 0.29) is 0 Å². The first kappa shape index (κ1) is 14.6. The summed E-state index contributed by atoms with van der Waals surface area (Å²) in [5, 5.41) is 0. The van der Waals surface area contributed by atoms with Gasteiger partial charge in [-0.2, -0.15) is 0 Å². The maximum atomic E-state index is 6.08. The number of fused-ring (bicyclic) bond motifs is 1. The Morgan fingerprint density at radius 3 is 2.86 bits per heavy atom. The van der Waals surface area contributed by atoms with Gasteiger partial charge >= 0.3 is 0 Å². The summed E-state index contributed by atoms with van der Waals surface area (Å²) >= 11 is 0. The number of nitrogens with two attached hydrogens (primary N) is 1. The van der Waals surface area contributed by atoms with E-state index in [0.717, 1.165) is 30.8 Å². The smallest absolute Gasteiger partial charge is 0.110 e. The molecule has 0 saturated heterocycles. The van der Waals surface area contributed by atoms with Crippen LogP contribution in [0.15, 0.2) is 24.3 Å². The number of rotatable bonds is 4. The van der Waals surface area contributed by atoms with E-state index >= 15 is 0 Å². The van der Waals surface area contributed by atoms with Crippen LogP contribution in [0.4, 0.5) is 0 Å². The lowest BCUT2D eigenvalue weighted by Gasteiger charge is -2.36. The number of imidazole rings is 1. The molecule has 0 aliphatic heterocycles. The van der Waals surface area contributed by atoms with Gasteiger partial charge in [-0.25, -0.2) is 4.98 Å². The van der Waals surface area contributed by atoms with Crippen LogP contribution in [0.2, 0.25) is 0 Å². The highest BCUT2D eigenvalue weighted by Gasteiger charge is 2.31. The predicted molar refractivity (Wildman–Crippen MR) is 88.3 cm³/mol. The van der Waals surface area contributed by atoms with Gasteiger partial charge in [-0.05, 0) is 49.8 Å². The minimum Gasteiger partial charge on any atom is -0.330 e. The quantitative estimate of drug-likeness (QED) is 0.925. The molecule has 2 N–H and O–H groups in total. The Kier molecular flexibility index (Phi) is 4.29.